The maximum absolute atomic E-state index is 4.97. The van der Waals surface area contributed by atoms with Gasteiger partial charge in [-0.15, -0.1) is 0 Å². The lowest BCUT2D eigenvalue weighted by Crippen LogP contribution is -2.24. The molecule has 3 heteroatoms. The molecule has 1 saturated carbocycles. The number of methoxy groups -OCH3 is 1. The van der Waals surface area contributed by atoms with Crippen molar-refractivity contribution < 1.29 is 4.74 Å². The molecule has 0 aromatic carbocycles. The molecule has 0 saturated heterocycles. The highest BCUT2D eigenvalue weighted by Gasteiger charge is 2.22. The van der Waals surface area contributed by atoms with Crippen molar-refractivity contribution in [2.24, 2.45) is 5.92 Å². The summed E-state index contributed by atoms with van der Waals surface area (Å²) in [5.41, 5.74) is 0. The summed E-state index contributed by atoms with van der Waals surface area (Å²) in [5.74, 6) is 1.02. The summed E-state index contributed by atoms with van der Waals surface area (Å²) >= 11 is 0. The molecule has 0 aromatic heterocycles. The molecule has 0 amide bonds. The topological polar surface area (TPSA) is 24.5 Å². The molecule has 1 fully saturated rings. The smallest absolute Gasteiger partial charge is 0.0587 e. The van der Waals surface area contributed by atoms with Crippen LogP contribution < -0.4 is 5.32 Å². The lowest BCUT2D eigenvalue weighted by Gasteiger charge is -2.15. The van der Waals surface area contributed by atoms with Gasteiger partial charge in [0.25, 0.3) is 0 Å². The van der Waals surface area contributed by atoms with Crippen molar-refractivity contribution in [3.8, 4) is 0 Å². The second kappa shape index (κ2) is 8.08. The highest BCUT2D eigenvalue weighted by atomic mass is 16.5. The highest BCUT2D eigenvalue weighted by molar-refractivity contribution is 4.75. The van der Waals surface area contributed by atoms with E-state index in [2.05, 4.69) is 17.3 Å². The van der Waals surface area contributed by atoms with Gasteiger partial charge < -0.3 is 15.0 Å². The Bertz CT molecular complexity index is 149. The van der Waals surface area contributed by atoms with E-state index in [4.69, 9.17) is 4.74 Å². The van der Waals surface area contributed by atoms with Gasteiger partial charge in [0.05, 0.1) is 6.61 Å². The Labute approximate surface area is 94.2 Å². The molecule has 0 bridgehead atoms. The molecule has 0 aromatic rings. The zero-order valence-corrected chi connectivity index (χ0v) is 10.3. The number of hydrogen-bond acceptors (Lipinski definition) is 3. The Kier molecular flexibility index (Phi) is 6.98. The highest BCUT2D eigenvalue weighted by Crippen LogP contribution is 2.29. The van der Waals surface area contributed by atoms with E-state index in [0.717, 1.165) is 25.6 Å². The van der Waals surface area contributed by atoms with Crippen LogP contribution in [0.5, 0.6) is 0 Å². The molecule has 1 rings (SSSR count). The summed E-state index contributed by atoms with van der Waals surface area (Å²) in [4.78, 5) is 2.48. The first-order chi connectivity index (χ1) is 7.33. The van der Waals surface area contributed by atoms with E-state index >= 15 is 0 Å². The van der Waals surface area contributed by atoms with E-state index in [1.165, 1.54) is 38.8 Å². The van der Waals surface area contributed by atoms with Gasteiger partial charge in [-0.05, 0) is 51.7 Å². The van der Waals surface area contributed by atoms with Crippen LogP contribution in [0, 0.1) is 5.92 Å². The van der Waals surface area contributed by atoms with E-state index in [0.29, 0.717) is 0 Å². The van der Waals surface area contributed by atoms with Crippen LogP contribution in [0.1, 0.15) is 25.7 Å². The maximum Gasteiger partial charge on any atom is 0.0587 e. The number of unbranched alkanes of at least 4 members (excludes halogenated alkanes) is 1. The van der Waals surface area contributed by atoms with Gasteiger partial charge >= 0.3 is 0 Å². The van der Waals surface area contributed by atoms with Crippen molar-refractivity contribution in [3.05, 3.63) is 0 Å². The van der Waals surface area contributed by atoms with Crippen LogP contribution >= 0.6 is 0 Å². The molecular formula is C12H26N2O. The second-order valence-corrected chi connectivity index (χ2v) is 4.66. The molecular weight excluding hydrogens is 188 g/mol. The average molecular weight is 214 g/mol. The Morgan fingerprint density at radius 3 is 2.73 bits per heavy atom. The van der Waals surface area contributed by atoms with E-state index in [9.17, 15) is 0 Å². The van der Waals surface area contributed by atoms with Crippen LogP contribution in [-0.4, -0.2) is 51.8 Å². The molecule has 15 heavy (non-hydrogen) atoms. The average Bonchev–Trinajstić information content (AvgIpc) is 3.00. The molecule has 1 aliphatic carbocycles. The van der Waals surface area contributed by atoms with Crippen molar-refractivity contribution in [1.29, 1.82) is 0 Å². The summed E-state index contributed by atoms with van der Waals surface area (Å²) in [7, 11) is 3.99. The van der Waals surface area contributed by atoms with Gasteiger partial charge in [0.2, 0.25) is 0 Å². The van der Waals surface area contributed by atoms with E-state index in [1.54, 1.807) is 7.11 Å². The first-order valence-electron chi connectivity index (χ1n) is 6.21. The van der Waals surface area contributed by atoms with Gasteiger partial charge in [-0.25, -0.2) is 0 Å². The Morgan fingerprint density at radius 1 is 1.27 bits per heavy atom. The van der Waals surface area contributed by atoms with Crippen LogP contribution in [-0.2, 0) is 4.74 Å². The summed E-state index contributed by atoms with van der Waals surface area (Å²) in [6, 6.07) is 0. The molecule has 0 spiro atoms. The normalized spacial score (nSPS) is 16.2. The fraction of sp³-hybridized carbons (Fsp3) is 1.00. The minimum atomic E-state index is 0.821. The van der Waals surface area contributed by atoms with Crippen LogP contribution in [0.3, 0.4) is 0 Å². The van der Waals surface area contributed by atoms with E-state index < -0.39 is 0 Å². The van der Waals surface area contributed by atoms with Gasteiger partial charge in [-0.3, -0.25) is 0 Å². The lowest BCUT2D eigenvalue weighted by molar-refractivity contribution is 0.199. The monoisotopic (exact) mass is 214 g/mol. The van der Waals surface area contributed by atoms with Crippen molar-refractivity contribution >= 4 is 0 Å². The first kappa shape index (κ1) is 12.9. The molecule has 1 aliphatic rings. The quantitative estimate of drug-likeness (QED) is 0.556. The lowest BCUT2D eigenvalue weighted by atomic mass is 10.3. The Hall–Kier alpha value is -0.120. The van der Waals surface area contributed by atoms with Crippen LogP contribution in [0.4, 0.5) is 0 Å². The third kappa shape index (κ3) is 7.77. The number of nitrogens with one attached hydrogen (secondary N) is 1. The van der Waals surface area contributed by atoms with Gasteiger partial charge in [-0.1, -0.05) is 0 Å². The zero-order chi connectivity index (χ0) is 10.9. The fourth-order valence-electron chi connectivity index (χ4n) is 1.76. The van der Waals surface area contributed by atoms with Crippen LogP contribution in [0.15, 0.2) is 0 Å². The predicted octanol–water partition coefficient (Wildman–Crippen LogP) is 1.34. The van der Waals surface area contributed by atoms with Gasteiger partial charge in [0, 0.05) is 20.2 Å². The van der Waals surface area contributed by atoms with E-state index in [1.807, 2.05) is 0 Å². The summed E-state index contributed by atoms with van der Waals surface area (Å²) in [6.45, 7) is 5.50. The molecule has 0 unspecified atom stereocenters. The number of hydrogen-bond donors (Lipinski definition) is 1. The van der Waals surface area contributed by atoms with E-state index in [-0.39, 0.29) is 0 Å². The largest absolute Gasteiger partial charge is 0.383 e. The number of nitrogens with zero attached hydrogens (tertiary/aromatic N) is 1. The molecule has 90 valence electrons. The van der Waals surface area contributed by atoms with Gasteiger partial charge in [0.1, 0.15) is 0 Å². The van der Waals surface area contributed by atoms with Crippen molar-refractivity contribution in [3.63, 3.8) is 0 Å². The molecule has 0 radical (unpaired) electrons. The minimum absolute atomic E-state index is 0.821. The summed E-state index contributed by atoms with van der Waals surface area (Å²) < 4.78 is 4.97. The number of rotatable bonds is 10. The fourth-order valence-corrected chi connectivity index (χ4v) is 1.76. The van der Waals surface area contributed by atoms with Crippen molar-refractivity contribution in [2.45, 2.75) is 25.7 Å². The van der Waals surface area contributed by atoms with Crippen molar-refractivity contribution in [2.75, 3.05) is 46.9 Å². The standard InChI is InChI=1S/C12H26N2O/c1-14(11-12-5-6-12)9-4-3-7-13-8-10-15-2/h12-13H,3-11H2,1-2H3. The summed E-state index contributed by atoms with van der Waals surface area (Å²) in [6.07, 6.45) is 5.51. The summed E-state index contributed by atoms with van der Waals surface area (Å²) in [5, 5.41) is 3.37. The molecule has 3 nitrogen and oxygen atoms in total. The zero-order valence-electron chi connectivity index (χ0n) is 10.3. The second-order valence-electron chi connectivity index (χ2n) is 4.66. The minimum Gasteiger partial charge on any atom is -0.383 e. The Balaban J connectivity index is 1.75. The molecule has 0 aliphatic heterocycles. The molecule has 0 atom stereocenters. The number of ether oxygens (including phenoxy) is 1. The molecule has 1 N–H and O–H groups in total. The third-order valence-corrected chi connectivity index (χ3v) is 2.89. The van der Waals surface area contributed by atoms with Crippen LogP contribution in [0.2, 0.25) is 0 Å². The SMILES string of the molecule is COCCNCCCCN(C)CC1CC1. The van der Waals surface area contributed by atoms with Crippen molar-refractivity contribution in [1.82, 2.24) is 10.2 Å². The first-order valence-corrected chi connectivity index (χ1v) is 6.21. The molecule has 0 heterocycles. The Morgan fingerprint density at radius 2 is 2.07 bits per heavy atom. The maximum atomic E-state index is 4.97. The van der Waals surface area contributed by atoms with Crippen LogP contribution in [0.25, 0.3) is 0 Å². The third-order valence-electron chi connectivity index (χ3n) is 2.89. The predicted molar refractivity (Wildman–Crippen MR) is 64.2 cm³/mol. The van der Waals surface area contributed by atoms with Gasteiger partial charge in [0.15, 0.2) is 0 Å². The van der Waals surface area contributed by atoms with Gasteiger partial charge in [-0.2, -0.15) is 0 Å².